The molecule has 4 rings (SSSR count). The molecule has 288 valence electrons. The number of benzene rings is 1. The first-order chi connectivity index (χ1) is 25.3. The number of nitrogens with one attached hydrogen (secondary N) is 4. The second-order valence-electron chi connectivity index (χ2n) is 14.4. The van der Waals surface area contributed by atoms with Crippen molar-refractivity contribution < 1.29 is 38.2 Å². The van der Waals surface area contributed by atoms with Crippen molar-refractivity contribution in [3.63, 3.8) is 0 Å². The fourth-order valence-electron chi connectivity index (χ4n) is 7.17. The van der Waals surface area contributed by atoms with E-state index >= 15 is 0 Å². The first-order valence-corrected chi connectivity index (χ1v) is 18.3. The van der Waals surface area contributed by atoms with Crippen LogP contribution in [0.25, 0.3) is 0 Å². The van der Waals surface area contributed by atoms with Crippen molar-refractivity contribution in [3.8, 4) is 0 Å². The van der Waals surface area contributed by atoms with E-state index in [2.05, 4.69) is 31.2 Å². The number of rotatable bonds is 17. The van der Waals surface area contributed by atoms with Gasteiger partial charge in [0.1, 0.15) is 30.6 Å². The summed E-state index contributed by atoms with van der Waals surface area (Å²) in [5.41, 5.74) is 0.861. The number of nitrogens with zero attached hydrogens (tertiary/aromatic N) is 3. The lowest BCUT2D eigenvalue weighted by molar-refractivity contribution is -0.145. The molecular weight excluding hydrogens is 682 g/mol. The molecule has 0 spiro atoms. The van der Waals surface area contributed by atoms with E-state index in [-0.39, 0.29) is 49.3 Å². The number of ketones is 1. The number of amides is 5. The van der Waals surface area contributed by atoms with Gasteiger partial charge in [0.15, 0.2) is 0 Å². The van der Waals surface area contributed by atoms with E-state index in [4.69, 9.17) is 9.47 Å². The molecule has 1 aromatic carbocycles. The van der Waals surface area contributed by atoms with Crippen molar-refractivity contribution >= 4 is 35.3 Å². The third-order valence-electron chi connectivity index (χ3n) is 10.1. The summed E-state index contributed by atoms with van der Waals surface area (Å²) in [5.74, 6) is -5.09. The molecule has 1 unspecified atom stereocenters. The molecule has 0 bridgehead atoms. The number of carbonyl (C=O) groups excluding carboxylic acids is 6. The molecule has 8 atom stereocenters. The van der Waals surface area contributed by atoms with Crippen molar-refractivity contribution in [2.24, 2.45) is 23.7 Å². The zero-order valence-corrected chi connectivity index (χ0v) is 31.5. The highest BCUT2D eigenvalue weighted by molar-refractivity contribution is 6.38. The summed E-state index contributed by atoms with van der Waals surface area (Å²) >= 11 is 0. The number of fused-ring (bicyclic) bond motifs is 1. The Bertz CT molecular complexity index is 1590. The van der Waals surface area contributed by atoms with Crippen molar-refractivity contribution in [3.05, 3.63) is 60.2 Å². The Balaban J connectivity index is 1.54. The second-order valence-corrected chi connectivity index (χ2v) is 14.4. The standard InChI is InChI=1S/C38H53N7O8/c1-8-27(33(46)37(50)41-23(6)24-12-10-9-11-13-24)42-36(49)32-25-14-15-29(53-20-52-7)26(25)19-45(32)38(51)31(22(4)5)44-35(48)30(21(2)3)43-34(47)28-18-39-16-17-40-28/h9-13,16-18,21-23,25-27,29-32H,8,14-15,19-20H2,1-7H3,(H,41,50)(H,42,49)(H,43,47)(H,44,48)/t23-,25-,26-,27?,29+,30-,31-,32-/m0/s1. The number of ether oxygens (including phenoxy) is 2. The molecule has 53 heavy (non-hydrogen) atoms. The highest BCUT2D eigenvalue weighted by Crippen LogP contribution is 2.44. The van der Waals surface area contributed by atoms with Gasteiger partial charge in [-0.15, -0.1) is 0 Å². The molecule has 2 heterocycles. The van der Waals surface area contributed by atoms with Gasteiger partial charge < -0.3 is 35.6 Å². The number of methoxy groups -OCH3 is 1. The average Bonchev–Trinajstić information content (AvgIpc) is 3.73. The predicted molar refractivity (Wildman–Crippen MR) is 194 cm³/mol. The van der Waals surface area contributed by atoms with Gasteiger partial charge in [-0.3, -0.25) is 33.8 Å². The number of hydrogen-bond acceptors (Lipinski definition) is 10. The van der Waals surface area contributed by atoms with Crippen LogP contribution in [0.4, 0.5) is 0 Å². The van der Waals surface area contributed by atoms with Gasteiger partial charge in [-0.05, 0) is 49.5 Å². The van der Waals surface area contributed by atoms with Crippen LogP contribution in [0.2, 0.25) is 0 Å². The molecule has 15 heteroatoms. The molecule has 2 fully saturated rings. The van der Waals surface area contributed by atoms with Crippen LogP contribution in [-0.4, -0.2) is 101 Å². The summed E-state index contributed by atoms with van der Waals surface area (Å²) < 4.78 is 11.1. The maximum Gasteiger partial charge on any atom is 0.290 e. The normalized spacial score (nSPS) is 21.6. The fraction of sp³-hybridized carbons (Fsp3) is 0.579. The summed E-state index contributed by atoms with van der Waals surface area (Å²) in [6.45, 7) is 10.8. The maximum absolute atomic E-state index is 14.5. The summed E-state index contributed by atoms with van der Waals surface area (Å²) in [6.07, 6.45) is 5.17. The van der Waals surface area contributed by atoms with E-state index in [1.165, 1.54) is 30.6 Å². The van der Waals surface area contributed by atoms with E-state index in [1.807, 2.05) is 30.3 Å². The van der Waals surface area contributed by atoms with Crippen LogP contribution in [0.15, 0.2) is 48.9 Å². The van der Waals surface area contributed by atoms with E-state index in [0.717, 1.165) is 5.56 Å². The lowest BCUT2D eigenvalue weighted by atomic mass is 9.92. The van der Waals surface area contributed by atoms with Crippen LogP contribution in [-0.2, 0) is 33.4 Å². The Morgan fingerprint density at radius 2 is 1.57 bits per heavy atom. The topological polar surface area (TPSA) is 198 Å². The number of likely N-dealkylation sites (tertiary alicyclic amines) is 1. The third kappa shape index (κ3) is 10.0. The number of Topliss-reactive ketones (excluding diaryl/α,β-unsaturated/α-hetero) is 1. The second kappa shape index (κ2) is 18.8. The lowest BCUT2D eigenvalue weighted by Crippen LogP contribution is -2.60. The van der Waals surface area contributed by atoms with Gasteiger partial charge in [0.25, 0.3) is 11.8 Å². The van der Waals surface area contributed by atoms with E-state index < -0.39 is 71.4 Å². The first kappa shape index (κ1) is 41.0. The molecule has 1 aromatic heterocycles. The molecule has 0 radical (unpaired) electrons. The van der Waals surface area contributed by atoms with Crippen molar-refractivity contribution in [2.75, 3.05) is 20.4 Å². The van der Waals surface area contributed by atoms with Gasteiger partial charge in [-0.1, -0.05) is 65.0 Å². The van der Waals surface area contributed by atoms with Crippen LogP contribution >= 0.6 is 0 Å². The van der Waals surface area contributed by atoms with Gasteiger partial charge in [0.2, 0.25) is 23.5 Å². The van der Waals surface area contributed by atoms with Gasteiger partial charge in [0, 0.05) is 32.0 Å². The van der Waals surface area contributed by atoms with E-state index in [0.29, 0.717) is 12.8 Å². The Morgan fingerprint density at radius 3 is 2.17 bits per heavy atom. The molecule has 2 aromatic rings. The monoisotopic (exact) mass is 735 g/mol. The van der Waals surface area contributed by atoms with Gasteiger partial charge in [-0.25, -0.2) is 4.98 Å². The Kier molecular flexibility index (Phi) is 14.6. The highest BCUT2D eigenvalue weighted by Gasteiger charge is 2.55. The average molecular weight is 736 g/mol. The summed E-state index contributed by atoms with van der Waals surface area (Å²) in [6, 6.07) is 4.58. The number of carbonyl (C=O) groups is 6. The molecule has 2 aliphatic rings. The van der Waals surface area contributed by atoms with Gasteiger partial charge in [-0.2, -0.15) is 0 Å². The quantitative estimate of drug-likeness (QED) is 0.138. The molecule has 1 aliphatic heterocycles. The minimum absolute atomic E-state index is 0.0391. The van der Waals surface area contributed by atoms with Crippen LogP contribution in [0.5, 0.6) is 0 Å². The summed E-state index contributed by atoms with van der Waals surface area (Å²) in [7, 11) is 1.52. The summed E-state index contributed by atoms with van der Waals surface area (Å²) in [4.78, 5) is 91.2. The SMILES string of the molecule is CCC(NC(=O)[C@@H]1[C@H]2CC[C@@H](OCOC)[C@H]2CN1C(=O)[C@@H](NC(=O)[C@@H](NC(=O)c1cnccn1)C(C)C)C(C)C)C(=O)C(=O)N[C@@H](C)c1ccccc1. The lowest BCUT2D eigenvalue weighted by Gasteiger charge is -2.34. The summed E-state index contributed by atoms with van der Waals surface area (Å²) in [5, 5.41) is 11.1. The van der Waals surface area contributed by atoms with Crippen LogP contribution in [0.1, 0.15) is 82.9 Å². The predicted octanol–water partition coefficient (Wildman–Crippen LogP) is 1.94. The van der Waals surface area contributed by atoms with E-state index in [9.17, 15) is 28.8 Å². The Labute approximate surface area is 310 Å². The Morgan fingerprint density at radius 1 is 0.868 bits per heavy atom. The van der Waals surface area contributed by atoms with Gasteiger partial charge >= 0.3 is 0 Å². The third-order valence-corrected chi connectivity index (χ3v) is 10.1. The minimum Gasteiger partial charge on any atom is -0.359 e. The zero-order chi connectivity index (χ0) is 38.8. The molecular formula is C38H53N7O8. The van der Waals surface area contributed by atoms with Crippen LogP contribution < -0.4 is 21.3 Å². The largest absolute Gasteiger partial charge is 0.359 e. The molecule has 1 saturated heterocycles. The van der Waals surface area contributed by atoms with Crippen LogP contribution in [0.3, 0.4) is 0 Å². The fourth-order valence-corrected chi connectivity index (χ4v) is 7.17. The number of hydrogen-bond donors (Lipinski definition) is 4. The first-order valence-electron chi connectivity index (χ1n) is 18.3. The van der Waals surface area contributed by atoms with E-state index in [1.54, 1.807) is 41.5 Å². The molecule has 5 amide bonds. The van der Waals surface area contributed by atoms with Crippen molar-refractivity contribution in [2.45, 2.75) is 97.1 Å². The molecule has 1 saturated carbocycles. The van der Waals surface area contributed by atoms with Crippen molar-refractivity contribution in [1.29, 1.82) is 0 Å². The smallest absolute Gasteiger partial charge is 0.290 e. The van der Waals surface area contributed by atoms with Crippen LogP contribution in [0, 0.1) is 23.7 Å². The zero-order valence-electron chi connectivity index (χ0n) is 31.5. The maximum atomic E-state index is 14.5. The Hall–Kier alpha value is -4.76. The minimum atomic E-state index is -1.13. The molecule has 1 aliphatic carbocycles. The number of aromatic nitrogens is 2. The molecule has 15 nitrogen and oxygen atoms in total. The van der Waals surface area contributed by atoms with Gasteiger partial charge in [0.05, 0.1) is 24.4 Å². The highest BCUT2D eigenvalue weighted by atomic mass is 16.7. The van der Waals surface area contributed by atoms with Crippen molar-refractivity contribution in [1.82, 2.24) is 36.1 Å². The molecule has 4 N–H and O–H groups in total.